The van der Waals surface area contributed by atoms with Crippen molar-refractivity contribution in [3.8, 4) is 0 Å². The quantitative estimate of drug-likeness (QED) is 0.389. The number of carbonyl (C=O) groups excluding carboxylic acids is 1. The largest absolute Gasteiger partial charge is 0.330 e. The number of benzene rings is 3. The Morgan fingerprint density at radius 1 is 1.12 bits per heavy atom. The molecule has 33 heavy (non-hydrogen) atoms. The van der Waals surface area contributed by atoms with E-state index in [-0.39, 0.29) is 46.2 Å². The van der Waals surface area contributed by atoms with Gasteiger partial charge in [0.2, 0.25) is 0 Å². The number of nitrogens with zero attached hydrogens (tertiary/aromatic N) is 3. The van der Waals surface area contributed by atoms with Crippen LogP contribution < -0.4 is 4.72 Å². The van der Waals surface area contributed by atoms with E-state index in [1.165, 1.54) is 17.0 Å². The van der Waals surface area contributed by atoms with Gasteiger partial charge >= 0.3 is 0 Å². The number of fused-ring (bicyclic) bond motifs is 2. The third-order valence-corrected chi connectivity index (χ3v) is 7.64. The van der Waals surface area contributed by atoms with Crippen LogP contribution in [0.5, 0.6) is 0 Å². The molecule has 5 rings (SSSR count). The van der Waals surface area contributed by atoms with Gasteiger partial charge in [-0.25, -0.2) is 17.2 Å². The van der Waals surface area contributed by atoms with E-state index >= 15 is 0 Å². The Kier molecular flexibility index (Phi) is 5.38. The van der Waals surface area contributed by atoms with E-state index in [1.807, 2.05) is 0 Å². The SMILES string of the molecule is O=C1c2cc(Br)cc(NS(=O)(=O)c3cccc4nsnc34)c2CN1Cc1ccc(F)cc1F. The number of hydrogen-bond donors (Lipinski definition) is 1. The third-order valence-electron chi connectivity index (χ3n) is 5.24. The summed E-state index contributed by atoms with van der Waals surface area (Å²) in [7, 11) is -4.05. The Morgan fingerprint density at radius 2 is 1.94 bits per heavy atom. The van der Waals surface area contributed by atoms with Gasteiger partial charge in [-0.05, 0) is 30.3 Å². The molecule has 0 saturated heterocycles. The topological polar surface area (TPSA) is 92.3 Å². The van der Waals surface area contributed by atoms with Crippen molar-refractivity contribution >= 4 is 60.3 Å². The highest BCUT2D eigenvalue weighted by Crippen LogP contribution is 2.35. The van der Waals surface area contributed by atoms with Crippen LogP contribution in [0.25, 0.3) is 11.0 Å². The molecule has 0 radical (unpaired) electrons. The Labute approximate surface area is 199 Å². The lowest BCUT2D eigenvalue weighted by atomic mass is 10.1. The van der Waals surface area contributed by atoms with Crippen molar-refractivity contribution in [2.24, 2.45) is 0 Å². The number of nitrogens with one attached hydrogen (secondary N) is 1. The first-order valence-corrected chi connectivity index (χ1v) is 12.5. The van der Waals surface area contributed by atoms with Crippen molar-refractivity contribution in [1.29, 1.82) is 0 Å². The van der Waals surface area contributed by atoms with Gasteiger partial charge in [-0.2, -0.15) is 8.75 Å². The molecule has 12 heteroatoms. The first kappa shape index (κ1) is 21.9. The first-order chi connectivity index (χ1) is 15.7. The second kappa shape index (κ2) is 8.12. The second-order valence-corrected chi connectivity index (χ2v) is 10.5. The van der Waals surface area contributed by atoms with Crippen molar-refractivity contribution in [3.05, 3.63) is 81.3 Å². The average Bonchev–Trinajstić information content (AvgIpc) is 3.35. The second-order valence-electron chi connectivity index (χ2n) is 7.37. The summed E-state index contributed by atoms with van der Waals surface area (Å²) in [6.45, 7) is -0.0359. The predicted octanol–water partition coefficient (Wildman–Crippen LogP) is 4.69. The zero-order valence-electron chi connectivity index (χ0n) is 16.5. The summed E-state index contributed by atoms with van der Waals surface area (Å²) in [5.74, 6) is -1.86. The van der Waals surface area contributed by atoms with E-state index < -0.39 is 21.7 Å². The van der Waals surface area contributed by atoms with Crippen LogP contribution in [-0.2, 0) is 23.1 Å². The molecule has 4 aromatic rings. The van der Waals surface area contributed by atoms with Crippen molar-refractivity contribution in [1.82, 2.24) is 13.6 Å². The van der Waals surface area contributed by atoms with Gasteiger partial charge in [-0.3, -0.25) is 9.52 Å². The predicted molar refractivity (Wildman–Crippen MR) is 122 cm³/mol. The van der Waals surface area contributed by atoms with Crippen LogP contribution in [0, 0.1) is 11.6 Å². The summed E-state index contributed by atoms with van der Waals surface area (Å²) >= 11 is 4.23. The number of rotatable bonds is 5. The van der Waals surface area contributed by atoms with Crippen molar-refractivity contribution < 1.29 is 22.0 Å². The minimum absolute atomic E-state index is 0.0305. The molecule has 1 aliphatic rings. The fourth-order valence-electron chi connectivity index (χ4n) is 3.70. The smallest absolute Gasteiger partial charge is 0.264 e. The number of carbonyl (C=O) groups is 1. The Balaban J connectivity index is 1.49. The summed E-state index contributed by atoms with van der Waals surface area (Å²) in [4.78, 5) is 14.3. The summed E-state index contributed by atoms with van der Waals surface area (Å²) < 4.78 is 64.9. The molecular weight excluding hydrogens is 538 g/mol. The molecule has 0 bridgehead atoms. The van der Waals surface area contributed by atoms with Gasteiger partial charge in [-0.1, -0.05) is 28.1 Å². The number of hydrogen-bond acceptors (Lipinski definition) is 6. The molecular formula is C21H13BrF2N4O3S2. The summed E-state index contributed by atoms with van der Waals surface area (Å²) in [5.41, 5.74) is 1.84. The first-order valence-electron chi connectivity index (χ1n) is 9.52. The van der Waals surface area contributed by atoms with Crippen molar-refractivity contribution in [3.63, 3.8) is 0 Å². The molecule has 0 fully saturated rings. The maximum Gasteiger partial charge on any atom is 0.264 e. The van der Waals surface area contributed by atoms with Gasteiger partial charge < -0.3 is 4.90 Å². The highest BCUT2D eigenvalue weighted by Gasteiger charge is 2.32. The van der Waals surface area contributed by atoms with Crippen molar-refractivity contribution in [2.45, 2.75) is 18.0 Å². The van der Waals surface area contributed by atoms with Crippen LogP contribution in [0.4, 0.5) is 14.5 Å². The van der Waals surface area contributed by atoms with Crippen LogP contribution in [0.1, 0.15) is 21.5 Å². The molecule has 0 atom stereocenters. The molecule has 1 amide bonds. The van der Waals surface area contributed by atoms with E-state index in [0.717, 1.165) is 23.9 Å². The zero-order valence-corrected chi connectivity index (χ0v) is 19.8. The maximum atomic E-state index is 14.1. The Bertz CT molecular complexity index is 1540. The van der Waals surface area contributed by atoms with Crippen LogP contribution in [0.2, 0.25) is 0 Å². The van der Waals surface area contributed by atoms with Gasteiger partial charge in [0.05, 0.1) is 17.4 Å². The lowest BCUT2D eigenvalue weighted by Crippen LogP contribution is -2.23. The monoisotopic (exact) mass is 550 g/mol. The van der Waals surface area contributed by atoms with Crippen LogP contribution in [-0.4, -0.2) is 28.0 Å². The number of amides is 1. The normalized spacial score (nSPS) is 13.5. The fraction of sp³-hybridized carbons (Fsp3) is 0.0952. The Morgan fingerprint density at radius 3 is 2.73 bits per heavy atom. The van der Waals surface area contributed by atoms with Gasteiger partial charge in [-0.15, -0.1) is 0 Å². The zero-order chi connectivity index (χ0) is 23.3. The maximum absolute atomic E-state index is 14.1. The molecule has 0 unspecified atom stereocenters. The van der Waals surface area contributed by atoms with Gasteiger partial charge in [0.15, 0.2) is 0 Å². The van der Waals surface area contributed by atoms with E-state index in [2.05, 4.69) is 29.4 Å². The summed E-state index contributed by atoms with van der Waals surface area (Å²) in [6, 6.07) is 11.0. The molecule has 7 nitrogen and oxygen atoms in total. The number of anilines is 1. The van der Waals surface area contributed by atoms with Gasteiger partial charge in [0.25, 0.3) is 15.9 Å². The minimum atomic E-state index is -4.05. The number of halogens is 3. The van der Waals surface area contributed by atoms with Crippen LogP contribution in [0.15, 0.2) is 57.9 Å². The molecule has 1 aliphatic heterocycles. The van der Waals surface area contributed by atoms with Crippen LogP contribution >= 0.6 is 27.7 Å². The van der Waals surface area contributed by atoms with Gasteiger partial charge in [0.1, 0.15) is 27.6 Å². The molecule has 0 spiro atoms. The standard InChI is InChI=1S/C21H13BrF2N4O3S2/c22-12-6-14-15(10-28(21(14)29)9-11-4-5-13(23)8-16(11)24)18(7-12)27-33(30,31)19-3-1-2-17-20(19)26-32-25-17/h1-8,27H,9-10H2. The number of aromatic nitrogens is 2. The summed E-state index contributed by atoms with van der Waals surface area (Å²) in [5, 5.41) is 0. The highest BCUT2D eigenvalue weighted by molar-refractivity contribution is 9.10. The summed E-state index contributed by atoms with van der Waals surface area (Å²) in [6.07, 6.45) is 0. The van der Waals surface area contributed by atoms with E-state index in [1.54, 1.807) is 24.3 Å². The molecule has 1 N–H and O–H groups in total. The molecule has 0 saturated carbocycles. The molecule has 1 aromatic heterocycles. The highest BCUT2D eigenvalue weighted by atomic mass is 79.9. The van der Waals surface area contributed by atoms with Gasteiger partial charge in [0, 0.05) is 40.3 Å². The molecule has 168 valence electrons. The third kappa shape index (κ3) is 3.98. The molecule has 0 aliphatic carbocycles. The van der Waals surface area contributed by atoms with E-state index in [9.17, 15) is 22.0 Å². The lowest BCUT2D eigenvalue weighted by Gasteiger charge is -2.16. The average molecular weight is 551 g/mol. The Hall–Kier alpha value is -2.96. The molecule has 3 aromatic carbocycles. The molecule has 2 heterocycles. The fourth-order valence-corrected chi connectivity index (χ4v) is 6.01. The lowest BCUT2D eigenvalue weighted by molar-refractivity contribution is 0.0765. The van der Waals surface area contributed by atoms with Crippen LogP contribution in [0.3, 0.4) is 0 Å². The number of sulfonamides is 1. The van der Waals surface area contributed by atoms with Crippen molar-refractivity contribution in [2.75, 3.05) is 4.72 Å². The van der Waals surface area contributed by atoms with E-state index in [4.69, 9.17) is 0 Å². The van der Waals surface area contributed by atoms with E-state index in [0.29, 0.717) is 15.6 Å². The minimum Gasteiger partial charge on any atom is -0.330 e.